The van der Waals surface area contributed by atoms with E-state index in [-0.39, 0.29) is 5.91 Å². The summed E-state index contributed by atoms with van der Waals surface area (Å²) in [4.78, 5) is 16.9. The van der Waals surface area contributed by atoms with Crippen LogP contribution in [0.25, 0.3) is 11.0 Å². The van der Waals surface area contributed by atoms with Crippen LogP contribution in [0.3, 0.4) is 0 Å². The van der Waals surface area contributed by atoms with E-state index in [9.17, 15) is 4.79 Å². The predicted octanol–water partition coefficient (Wildman–Crippen LogP) is 1.47. The van der Waals surface area contributed by atoms with Crippen molar-refractivity contribution in [3.05, 3.63) is 23.8 Å². The predicted molar refractivity (Wildman–Crippen MR) is 71.9 cm³/mol. The first-order chi connectivity index (χ1) is 9.22. The number of fused-ring (bicyclic) bond motifs is 1. The molecule has 98 valence electrons. The second kappa shape index (κ2) is 4.93. The largest absolute Gasteiger partial charge is 0.382 e. The summed E-state index contributed by atoms with van der Waals surface area (Å²) in [7, 11) is 0. The lowest BCUT2D eigenvalue weighted by atomic mass is 10.1. The minimum atomic E-state index is -0.496. The van der Waals surface area contributed by atoms with Gasteiger partial charge in [0.1, 0.15) is 11.0 Å². The van der Waals surface area contributed by atoms with Crippen molar-refractivity contribution in [2.45, 2.75) is 26.0 Å². The zero-order valence-electron chi connectivity index (χ0n) is 10.3. The van der Waals surface area contributed by atoms with Crippen LogP contribution >= 0.6 is 11.7 Å². The molecular formula is C12H12N4O2S. The van der Waals surface area contributed by atoms with Gasteiger partial charge in [0.2, 0.25) is 6.10 Å². The normalized spacial score (nSPS) is 18.2. The Hall–Kier alpha value is -2.02. The Morgan fingerprint density at radius 2 is 2.32 bits per heavy atom. The molecule has 3 rings (SSSR count). The number of oxime groups is 1. The molecule has 0 bridgehead atoms. The van der Waals surface area contributed by atoms with Gasteiger partial charge in [0.05, 0.1) is 17.4 Å². The molecule has 0 spiro atoms. The summed E-state index contributed by atoms with van der Waals surface area (Å²) in [5.74, 6) is -0.142. The van der Waals surface area contributed by atoms with E-state index in [2.05, 4.69) is 19.2 Å². The molecule has 1 aromatic heterocycles. The van der Waals surface area contributed by atoms with Gasteiger partial charge in [0, 0.05) is 13.0 Å². The molecule has 1 aliphatic rings. The van der Waals surface area contributed by atoms with Gasteiger partial charge in [-0.2, -0.15) is 8.75 Å². The van der Waals surface area contributed by atoms with Gasteiger partial charge in [-0.25, -0.2) is 0 Å². The second-order valence-electron chi connectivity index (χ2n) is 4.43. The van der Waals surface area contributed by atoms with E-state index < -0.39 is 6.10 Å². The third-order valence-corrected chi connectivity index (χ3v) is 3.45. The Labute approximate surface area is 113 Å². The molecule has 1 atom stereocenters. The Morgan fingerprint density at radius 3 is 3.11 bits per heavy atom. The molecule has 0 saturated carbocycles. The SMILES string of the molecule is CC1=NOC(C(=O)NCc2ccc3nsnc3c2)C1. The summed E-state index contributed by atoms with van der Waals surface area (Å²) >= 11 is 1.18. The molecule has 0 fully saturated rings. The topological polar surface area (TPSA) is 76.5 Å². The van der Waals surface area contributed by atoms with Crippen molar-refractivity contribution < 1.29 is 9.63 Å². The van der Waals surface area contributed by atoms with Gasteiger partial charge in [-0.1, -0.05) is 11.2 Å². The molecule has 1 aromatic carbocycles. The number of hydrogen-bond acceptors (Lipinski definition) is 6. The highest BCUT2D eigenvalue weighted by Gasteiger charge is 2.25. The highest BCUT2D eigenvalue weighted by Crippen LogP contribution is 2.14. The molecule has 0 radical (unpaired) electrons. The maximum Gasteiger partial charge on any atom is 0.264 e. The van der Waals surface area contributed by atoms with Crippen molar-refractivity contribution in [3.8, 4) is 0 Å². The maximum absolute atomic E-state index is 11.8. The summed E-state index contributed by atoms with van der Waals surface area (Å²) < 4.78 is 8.30. The number of amides is 1. The zero-order valence-corrected chi connectivity index (χ0v) is 11.1. The van der Waals surface area contributed by atoms with Crippen molar-refractivity contribution >= 4 is 34.4 Å². The van der Waals surface area contributed by atoms with Crippen molar-refractivity contribution in [2.24, 2.45) is 5.16 Å². The molecule has 1 unspecified atom stereocenters. The van der Waals surface area contributed by atoms with Crippen LogP contribution in [-0.2, 0) is 16.2 Å². The van der Waals surface area contributed by atoms with Gasteiger partial charge in [0.15, 0.2) is 0 Å². The van der Waals surface area contributed by atoms with E-state index in [1.165, 1.54) is 11.7 Å². The van der Waals surface area contributed by atoms with Crippen LogP contribution in [0.1, 0.15) is 18.9 Å². The number of nitrogens with one attached hydrogen (secondary N) is 1. The molecule has 1 N–H and O–H groups in total. The third kappa shape index (κ3) is 2.55. The monoisotopic (exact) mass is 276 g/mol. The summed E-state index contributed by atoms with van der Waals surface area (Å²) in [6.45, 7) is 2.29. The van der Waals surface area contributed by atoms with Gasteiger partial charge in [-0.15, -0.1) is 0 Å². The van der Waals surface area contributed by atoms with E-state index in [1.54, 1.807) is 0 Å². The highest BCUT2D eigenvalue weighted by molar-refractivity contribution is 7.00. The van der Waals surface area contributed by atoms with Crippen LogP contribution in [0.5, 0.6) is 0 Å². The number of hydrogen-bond donors (Lipinski definition) is 1. The summed E-state index contributed by atoms with van der Waals surface area (Å²) in [6, 6.07) is 5.76. The molecule has 2 heterocycles. The van der Waals surface area contributed by atoms with E-state index in [0.717, 1.165) is 22.3 Å². The smallest absolute Gasteiger partial charge is 0.264 e. The molecule has 0 aliphatic carbocycles. The van der Waals surface area contributed by atoms with E-state index in [4.69, 9.17) is 4.84 Å². The number of rotatable bonds is 3. The molecule has 6 nitrogen and oxygen atoms in total. The molecule has 19 heavy (non-hydrogen) atoms. The Bertz CT molecular complexity index is 652. The average molecular weight is 276 g/mol. The van der Waals surface area contributed by atoms with Crippen molar-refractivity contribution in [1.82, 2.24) is 14.1 Å². The lowest BCUT2D eigenvalue weighted by Gasteiger charge is -2.09. The molecule has 2 aromatic rings. The number of nitrogens with zero attached hydrogens (tertiary/aromatic N) is 3. The summed E-state index contributed by atoms with van der Waals surface area (Å²) in [6.07, 6.45) is 0.0607. The zero-order chi connectivity index (χ0) is 13.2. The fourth-order valence-corrected chi connectivity index (χ4v) is 2.40. The van der Waals surface area contributed by atoms with Gasteiger partial charge >= 0.3 is 0 Å². The lowest BCUT2D eigenvalue weighted by Crippen LogP contribution is -2.34. The number of benzene rings is 1. The first kappa shape index (κ1) is 12.0. The van der Waals surface area contributed by atoms with Crippen LogP contribution in [0.2, 0.25) is 0 Å². The van der Waals surface area contributed by atoms with E-state index in [0.29, 0.717) is 13.0 Å². The highest BCUT2D eigenvalue weighted by atomic mass is 32.1. The summed E-state index contributed by atoms with van der Waals surface area (Å²) in [5.41, 5.74) is 3.57. The van der Waals surface area contributed by atoms with Crippen LogP contribution in [0, 0.1) is 0 Å². The number of aromatic nitrogens is 2. The third-order valence-electron chi connectivity index (χ3n) is 2.89. The van der Waals surface area contributed by atoms with Gasteiger partial charge in [-0.05, 0) is 24.6 Å². The van der Waals surface area contributed by atoms with Gasteiger partial charge in [-0.3, -0.25) is 4.79 Å². The first-order valence-corrected chi connectivity index (χ1v) is 6.63. The van der Waals surface area contributed by atoms with Crippen LogP contribution in [-0.4, -0.2) is 26.5 Å². The quantitative estimate of drug-likeness (QED) is 0.921. The molecule has 0 saturated heterocycles. The molecular weight excluding hydrogens is 264 g/mol. The van der Waals surface area contributed by atoms with Crippen LogP contribution in [0.15, 0.2) is 23.4 Å². The van der Waals surface area contributed by atoms with Crippen LogP contribution in [0.4, 0.5) is 0 Å². The fraction of sp³-hybridized carbons (Fsp3) is 0.333. The van der Waals surface area contributed by atoms with Gasteiger partial charge in [0.25, 0.3) is 5.91 Å². The fourth-order valence-electron chi connectivity index (χ4n) is 1.88. The molecule has 1 aliphatic heterocycles. The van der Waals surface area contributed by atoms with E-state index >= 15 is 0 Å². The Kier molecular flexibility index (Phi) is 3.12. The van der Waals surface area contributed by atoms with Gasteiger partial charge < -0.3 is 10.2 Å². The van der Waals surface area contributed by atoms with E-state index in [1.807, 2.05) is 25.1 Å². The van der Waals surface area contributed by atoms with Crippen molar-refractivity contribution in [1.29, 1.82) is 0 Å². The summed E-state index contributed by atoms with van der Waals surface area (Å²) in [5, 5.41) is 6.60. The number of carbonyl (C=O) groups excluding carboxylic acids is 1. The van der Waals surface area contributed by atoms with Crippen molar-refractivity contribution in [3.63, 3.8) is 0 Å². The first-order valence-electron chi connectivity index (χ1n) is 5.90. The Balaban J connectivity index is 1.61. The Morgan fingerprint density at radius 1 is 1.47 bits per heavy atom. The maximum atomic E-state index is 11.8. The molecule has 1 amide bonds. The lowest BCUT2D eigenvalue weighted by molar-refractivity contribution is -0.131. The van der Waals surface area contributed by atoms with Crippen LogP contribution < -0.4 is 5.32 Å². The number of carbonyl (C=O) groups is 1. The average Bonchev–Trinajstić information content (AvgIpc) is 3.03. The standard InChI is InChI=1S/C12H12N4O2S/c1-7-4-11(18-14-7)12(17)13-6-8-2-3-9-10(5-8)16-19-15-9/h2-3,5,11H,4,6H2,1H3,(H,13,17). The van der Waals surface area contributed by atoms with Crippen molar-refractivity contribution in [2.75, 3.05) is 0 Å². The molecule has 7 heteroatoms. The second-order valence-corrected chi connectivity index (χ2v) is 4.96. The minimum Gasteiger partial charge on any atom is -0.382 e. The minimum absolute atomic E-state index is 0.142.